The molecule has 0 saturated carbocycles. The summed E-state index contributed by atoms with van der Waals surface area (Å²) in [5, 5.41) is 0.889. The average Bonchev–Trinajstić information content (AvgIpc) is 2.47. The molecular weight excluding hydrogens is 225 g/mol. The third-order valence-corrected chi connectivity index (χ3v) is 3.02. The molecule has 0 saturated heterocycles. The molecule has 0 unspecified atom stereocenters. The quantitative estimate of drug-likeness (QED) is 0.645. The number of hydrogen-bond acceptors (Lipinski definition) is 1. The number of hydrogen-bond donors (Lipinski definition) is 0. The van der Waals surface area contributed by atoms with E-state index < -0.39 is 6.67 Å². The van der Waals surface area contributed by atoms with Crippen LogP contribution in [0, 0.1) is 0 Å². The number of halogens is 1. The first-order valence-corrected chi connectivity index (χ1v) is 5.88. The van der Waals surface area contributed by atoms with Crippen molar-refractivity contribution in [2.24, 2.45) is 0 Å². The van der Waals surface area contributed by atoms with E-state index in [1.165, 1.54) is 0 Å². The van der Waals surface area contributed by atoms with Gasteiger partial charge in [-0.25, -0.2) is 9.37 Å². The Hall–Kier alpha value is -2.22. The fraction of sp³-hybridized carbons (Fsp3) is 0.0625. The van der Waals surface area contributed by atoms with Crippen molar-refractivity contribution in [3.05, 3.63) is 66.2 Å². The van der Waals surface area contributed by atoms with Crippen molar-refractivity contribution in [3.8, 4) is 11.3 Å². The van der Waals surface area contributed by atoms with Crippen LogP contribution in [0.2, 0.25) is 0 Å². The van der Waals surface area contributed by atoms with Crippen molar-refractivity contribution in [2.75, 3.05) is 0 Å². The lowest BCUT2D eigenvalue weighted by molar-refractivity contribution is 0.488. The first kappa shape index (κ1) is 10.9. The second kappa shape index (κ2) is 4.57. The zero-order valence-electron chi connectivity index (χ0n) is 9.81. The Balaban J connectivity index is 2.26. The predicted molar refractivity (Wildman–Crippen MR) is 72.0 cm³/mol. The van der Waals surface area contributed by atoms with Gasteiger partial charge in [0.05, 0.1) is 11.2 Å². The first-order chi connectivity index (χ1) is 8.88. The van der Waals surface area contributed by atoms with Gasteiger partial charge in [-0.3, -0.25) is 0 Å². The van der Waals surface area contributed by atoms with Crippen molar-refractivity contribution in [1.29, 1.82) is 0 Å². The van der Waals surface area contributed by atoms with Crippen LogP contribution in [0.3, 0.4) is 0 Å². The minimum absolute atomic E-state index is 0.469. The Kier molecular flexibility index (Phi) is 2.77. The minimum atomic E-state index is -0.469. The van der Waals surface area contributed by atoms with Crippen LogP contribution in [0.4, 0.5) is 4.39 Å². The Labute approximate surface area is 105 Å². The minimum Gasteiger partial charge on any atom is -0.248 e. The molecule has 3 aromatic rings. The zero-order valence-corrected chi connectivity index (χ0v) is 9.81. The maximum atomic E-state index is 13.1. The smallest absolute Gasteiger partial charge is 0.115 e. The van der Waals surface area contributed by atoms with Gasteiger partial charge >= 0.3 is 0 Å². The molecule has 88 valence electrons. The van der Waals surface area contributed by atoms with Gasteiger partial charge in [-0.2, -0.15) is 0 Å². The number of para-hydroxylation sites is 1. The highest BCUT2D eigenvalue weighted by Gasteiger charge is 2.06. The summed E-state index contributed by atoms with van der Waals surface area (Å²) >= 11 is 0. The molecule has 0 bridgehead atoms. The Morgan fingerprint density at radius 1 is 0.889 bits per heavy atom. The molecule has 0 spiro atoms. The Bertz CT molecular complexity index is 677. The van der Waals surface area contributed by atoms with E-state index in [0.29, 0.717) is 5.56 Å². The molecule has 0 atom stereocenters. The van der Waals surface area contributed by atoms with E-state index in [2.05, 4.69) is 4.98 Å². The lowest BCUT2D eigenvalue weighted by Crippen LogP contribution is -1.90. The van der Waals surface area contributed by atoms with Crippen LogP contribution in [0.1, 0.15) is 5.56 Å². The summed E-state index contributed by atoms with van der Waals surface area (Å²) in [6, 6.07) is 19.3. The van der Waals surface area contributed by atoms with Gasteiger partial charge in [0.25, 0.3) is 0 Å². The standard InChI is InChI=1S/C16H12FN/c17-11-13-10-16(12-6-2-1-3-7-12)18-15-9-5-4-8-14(13)15/h1-10H,11H2. The van der Waals surface area contributed by atoms with Crippen LogP contribution in [-0.2, 0) is 6.67 Å². The predicted octanol–water partition coefficient (Wildman–Crippen LogP) is 4.37. The van der Waals surface area contributed by atoms with Gasteiger partial charge in [0.1, 0.15) is 6.67 Å². The zero-order chi connectivity index (χ0) is 12.4. The van der Waals surface area contributed by atoms with E-state index in [-0.39, 0.29) is 0 Å². The average molecular weight is 237 g/mol. The molecule has 0 N–H and O–H groups in total. The lowest BCUT2D eigenvalue weighted by atomic mass is 10.0. The van der Waals surface area contributed by atoms with E-state index in [1.807, 2.05) is 60.7 Å². The molecule has 2 heteroatoms. The molecule has 3 rings (SSSR count). The second-order valence-electron chi connectivity index (χ2n) is 4.18. The topological polar surface area (TPSA) is 12.9 Å². The molecular formula is C16H12FN. The highest BCUT2D eigenvalue weighted by Crippen LogP contribution is 2.25. The maximum absolute atomic E-state index is 13.1. The first-order valence-electron chi connectivity index (χ1n) is 5.88. The van der Waals surface area contributed by atoms with Gasteiger partial charge in [0.15, 0.2) is 0 Å². The largest absolute Gasteiger partial charge is 0.248 e. The van der Waals surface area contributed by atoms with Gasteiger partial charge in [0, 0.05) is 10.9 Å². The van der Waals surface area contributed by atoms with Crippen LogP contribution in [-0.4, -0.2) is 4.98 Å². The van der Waals surface area contributed by atoms with E-state index in [0.717, 1.165) is 22.2 Å². The lowest BCUT2D eigenvalue weighted by Gasteiger charge is -2.07. The summed E-state index contributed by atoms with van der Waals surface area (Å²) in [6.45, 7) is -0.469. The molecule has 0 aliphatic heterocycles. The van der Waals surface area contributed by atoms with Gasteiger partial charge in [-0.1, -0.05) is 48.5 Å². The second-order valence-corrected chi connectivity index (χ2v) is 4.18. The number of rotatable bonds is 2. The number of nitrogens with zero attached hydrogens (tertiary/aromatic N) is 1. The highest BCUT2D eigenvalue weighted by molar-refractivity contribution is 5.85. The summed E-state index contributed by atoms with van der Waals surface area (Å²) < 4.78 is 13.1. The van der Waals surface area contributed by atoms with E-state index in [4.69, 9.17) is 0 Å². The maximum Gasteiger partial charge on any atom is 0.115 e. The van der Waals surface area contributed by atoms with Crippen molar-refractivity contribution in [2.45, 2.75) is 6.67 Å². The molecule has 1 nitrogen and oxygen atoms in total. The van der Waals surface area contributed by atoms with E-state index in [1.54, 1.807) is 0 Å². The molecule has 0 aliphatic rings. The number of fused-ring (bicyclic) bond motifs is 1. The molecule has 1 aromatic heterocycles. The summed E-state index contributed by atoms with van der Waals surface area (Å²) in [4.78, 5) is 4.59. The van der Waals surface area contributed by atoms with Crippen LogP contribution >= 0.6 is 0 Å². The number of aromatic nitrogens is 1. The number of pyridine rings is 1. The number of benzene rings is 2. The third kappa shape index (κ3) is 1.86. The SMILES string of the molecule is FCc1cc(-c2ccccc2)nc2ccccc12. The Morgan fingerprint density at radius 3 is 2.39 bits per heavy atom. The van der Waals surface area contributed by atoms with Gasteiger partial charge in [0.2, 0.25) is 0 Å². The molecule has 1 heterocycles. The van der Waals surface area contributed by atoms with Crippen LogP contribution in [0.25, 0.3) is 22.2 Å². The van der Waals surface area contributed by atoms with E-state index >= 15 is 0 Å². The summed E-state index contributed by atoms with van der Waals surface area (Å²) in [5.74, 6) is 0. The third-order valence-electron chi connectivity index (χ3n) is 3.02. The molecule has 0 aliphatic carbocycles. The fourth-order valence-corrected chi connectivity index (χ4v) is 2.11. The summed E-state index contributed by atoms with van der Waals surface area (Å²) in [7, 11) is 0. The summed E-state index contributed by atoms with van der Waals surface area (Å²) in [6.07, 6.45) is 0. The highest BCUT2D eigenvalue weighted by atomic mass is 19.1. The summed E-state index contributed by atoms with van der Waals surface area (Å²) in [5.41, 5.74) is 3.37. The van der Waals surface area contributed by atoms with Crippen molar-refractivity contribution in [3.63, 3.8) is 0 Å². The van der Waals surface area contributed by atoms with E-state index in [9.17, 15) is 4.39 Å². The normalized spacial score (nSPS) is 10.7. The van der Waals surface area contributed by atoms with Gasteiger partial charge in [-0.05, 0) is 17.7 Å². The van der Waals surface area contributed by atoms with Crippen molar-refractivity contribution >= 4 is 10.9 Å². The van der Waals surface area contributed by atoms with Crippen molar-refractivity contribution in [1.82, 2.24) is 4.98 Å². The van der Waals surface area contributed by atoms with Crippen LogP contribution in [0.5, 0.6) is 0 Å². The molecule has 0 fully saturated rings. The molecule has 2 aromatic carbocycles. The Morgan fingerprint density at radius 2 is 1.61 bits per heavy atom. The van der Waals surface area contributed by atoms with Gasteiger partial charge in [-0.15, -0.1) is 0 Å². The molecule has 0 amide bonds. The molecule has 0 radical (unpaired) electrons. The van der Waals surface area contributed by atoms with Crippen LogP contribution in [0.15, 0.2) is 60.7 Å². The fourth-order valence-electron chi connectivity index (χ4n) is 2.11. The van der Waals surface area contributed by atoms with Crippen LogP contribution < -0.4 is 0 Å². The molecule has 18 heavy (non-hydrogen) atoms. The monoisotopic (exact) mass is 237 g/mol. The van der Waals surface area contributed by atoms with Gasteiger partial charge < -0.3 is 0 Å². The number of alkyl halides is 1. The van der Waals surface area contributed by atoms with Crippen molar-refractivity contribution < 1.29 is 4.39 Å².